The van der Waals surface area contributed by atoms with Crippen molar-refractivity contribution in [1.29, 1.82) is 0 Å². The van der Waals surface area contributed by atoms with Crippen molar-refractivity contribution in [3.63, 3.8) is 0 Å². The van der Waals surface area contributed by atoms with Crippen molar-refractivity contribution in [2.45, 2.75) is 13.2 Å². The summed E-state index contributed by atoms with van der Waals surface area (Å²) >= 11 is 0. The molecule has 0 saturated carbocycles. The second-order valence-corrected chi connectivity index (χ2v) is 4.81. The average molecular weight is 264 g/mol. The van der Waals surface area contributed by atoms with Crippen LogP contribution in [0, 0.1) is 0 Å². The number of benzene rings is 3. The summed E-state index contributed by atoms with van der Waals surface area (Å²) < 4.78 is 5.68. The lowest BCUT2D eigenvalue weighted by atomic mass is 10.1. The Morgan fingerprint density at radius 1 is 0.750 bits per heavy atom. The van der Waals surface area contributed by atoms with E-state index in [4.69, 9.17) is 4.74 Å². The Morgan fingerprint density at radius 2 is 1.40 bits per heavy atom. The minimum Gasteiger partial charge on any atom is -0.508 e. The molecule has 3 rings (SSSR count). The molecule has 2 nitrogen and oxygen atoms in total. The van der Waals surface area contributed by atoms with Crippen molar-refractivity contribution in [3.05, 3.63) is 77.9 Å². The van der Waals surface area contributed by atoms with Crippen LogP contribution in [0.1, 0.15) is 11.1 Å². The molecule has 0 radical (unpaired) electrons. The molecule has 0 aliphatic carbocycles. The fourth-order valence-electron chi connectivity index (χ4n) is 2.24. The molecule has 0 atom stereocenters. The Bertz CT molecular complexity index is 705. The van der Waals surface area contributed by atoms with E-state index in [0.29, 0.717) is 13.2 Å². The van der Waals surface area contributed by atoms with Crippen LogP contribution in [0.2, 0.25) is 0 Å². The van der Waals surface area contributed by atoms with Crippen molar-refractivity contribution in [2.75, 3.05) is 0 Å². The Hall–Kier alpha value is -2.32. The molecule has 100 valence electrons. The van der Waals surface area contributed by atoms with Gasteiger partial charge in [0.25, 0.3) is 0 Å². The summed E-state index contributed by atoms with van der Waals surface area (Å²) in [5.74, 6) is 0.289. The van der Waals surface area contributed by atoms with Gasteiger partial charge in [-0.1, -0.05) is 54.6 Å². The minimum atomic E-state index is 0.289. The van der Waals surface area contributed by atoms with Crippen LogP contribution in [-0.2, 0) is 18.0 Å². The van der Waals surface area contributed by atoms with Crippen molar-refractivity contribution < 1.29 is 9.84 Å². The lowest BCUT2D eigenvalue weighted by molar-refractivity contribution is 0.105. The van der Waals surface area contributed by atoms with E-state index in [9.17, 15) is 5.11 Å². The zero-order valence-corrected chi connectivity index (χ0v) is 11.1. The lowest BCUT2D eigenvalue weighted by Gasteiger charge is -2.08. The molecule has 0 aliphatic rings. The van der Waals surface area contributed by atoms with Crippen molar-refractivity contribution in [3.8, 4) is 5.75 Å². The van der Waals surface area contributed by atoms with Gasteiger partial charge < -0.3 is 9.84 Å². The number of rotatable bonds is 4. The van der Waals surface area contributed by atoms with Crippen molar-refractivity contribution >= 4 is 10.8 Å². The Morgan fingerprint density at radius 3 is 2.15 bits per heavy atom. The maximum atomic E-state index is 10.0. The third-order valence-electron chi connectivity index (χ3n) is 3.32. The largest absolute Gasteiger partial charge is 0.508 e. The molecule has 0 bridgehead atoms. The molecule has 0 fully saturated rings. The number of fused-ring (bicyclic) bond motifs is 1. The van der Waals surface area contributed by atoms with E-state index >= 15 is 0 Å². The van der Waals surface area contributed by atoms with Crippen LogP contribution in [0.25, 0.3) is 10.8 Å². The Kier molecular flexibility index (Phi) is 3.66. The number of phenolic OH excluding ortho intramolecular Hbond substituents is 1. The third-order valence-corrected chi connectivity index (χ3v) is 3.32. The third kappa shape index (κ3) is 2.81. The predicted molar refractivity (Wildman–Crippen MR) is 80.5 cm³/mol. The molecule has 0 heterocycles. The van der Waals surface area contributed by atoms with Crippen LogP contribution in [0.3, 0.4) is 0 Å². The summed E-state index contributed by atoms with van der Waals surface area (Å²) in [6.45, 7) is 0.957. The summed E-state index contributed by atoms with van der Waals surface area (Å²) in [6, 6.07) is 21.8. The van der Waals surface area contributed by atoms with E-state index in [-0.39, 0.29) is 5.75 Å². The zero-order chi connectivity index (χ0) is 13.8. The number of hydrogen-bond donors (Lipinski definition) is 1. The summed E-state index contributed by atoms with van der Waals surface area (Å²) in [4.78, 5) is 0. The molecule has 2 heteroatoms. The van der Waals surface area contributed by atoms with Gasteiger partial charge in [-0.25, -0.2) is 0 Å². The average Bonchev–Trinajstić information content (AvgIpc) is 2.49. The van der Waals surface area contributed by atoms with E-state index in [1.165, 1.54) is 0 Å². The van der Waals surface area contributed by atoms with Gasteiger partial charge in [0.2, 0.25) is 0 Å². The number of ether oxygens (including phenoxy) is 1. The summed E-state index contributed by atoms with van der Waals surface area (Å²) in [5, 5.41) is 12.2. The molecule has 3 aromatic carbocycles. The van der Waals surface area contributed by atoms with Crippen LogP contribution < -0.4 is 0 Å². The van der Waals surface area contributed by atoms with Crippen LogP contribution >= 0.6 is 0 Å². The van der Waals surface area contributed by atoms with Gasteiger partial charge in [-0.15, -0.1) is 0 Å². The van der Waals surface area contributed by atoms with Gasteiger partial charge in [0.05, 0.1) is 13.2 Å². The van der Waals surface area contributed by atoms with Gasteiger partial charge in [-0.2, -0.15) is 0 Å². The van der Waals surface area contributed by atoms with Gasteiger partial charge in [-0.05, 0) is 28.5 Å². The molecule has 0 saturated heterocycles. The molecular formula is C18H16O2. The monoisotopic (exact) mass is 264 g/mol. The first-order valence-corrected chi connectivity index (χ1v) is 6.65. The second-order valence-electron chi connectivity index (χ2n) is 4.81. The molecule has 20 heavy (non-hydrogen) atoms. The fraction of sp³-hybridized carbons (Fsp3) is 0.111. The van der Waals surface area contributed by atoms with E-state index in [1.54, 1.807) is 6.07 Å². The van der Waals surface area contributed by atoms with Crippen LogP contribution in [0.4, 0.5) is 0 Å². The lowest BCUT2D eigenvalue weighted by Crippen LogP contribution is -1.94. The molecule has 0 spiro atoms. The quantitative estimate of drug-likeness (QED) is 0.762. The molecule has 3 aromatic rings. The highest BCUT2D eigenvalue weighted by atomic mass is 16.5. The van der Waals surface area contributed by atoms with Gasteiger partial charge in [0.1, 0.15) is 5.75 Å². The zero-order valence-electron chi connectivity index (χ0n) is 11.1. The van der Waals surface area contributed by atoms with E-state index in [0.717, 1.165) is 21.9 Å². The van der Waals surface area contributed by atoms with Crippen LogP contribution in [0.5, 0.6) is 5.75 Å². The van der Waals surface area contributed by atoms with E-state index in [2.05, 4.69) is 0 Å². The summed E-state index contributed by atoms with van der Waals surface area (Å²) in [7, 11) is 0. The smallest absolute Gasteiger partial charge is 0.121 e. The molecule has 0 amide bonds. The fourth-order valence-corrected chi connectivity index (χ4v) is 2.24. The SMILES string of the molecule is Oc1cc2ccccc2cc1COCc1ccccc1. The van der Waals surface area contributed by atoms with Crippen LogP contribution in [0.15, 0.2) is 66.7 Å². The highest BCUT2D eigenvalue weighted by molar-refractivity contribution is 5.84. The highest BCUT2D eigenvalue weighted by Gasteiger charge is 2.04. The number of hydrogen-bond acceptors (Lipinski definition) is 2. The molecule has 0 aliphatic heterocycles. The standard InChI is InChI=1S/C18H16O2/c19-18-11-16-9-5-4-8-15(16)10-17(18)13-20-12-14-6-2-1-3-7-14/h1-11,19H,12-13H2. The first-order chi connectivity index (χ1) is 9.83. The number of aromatic hydroxyl groups is 1. The molecule has 0 unspecified atom stereocenters. The Labute approximate surface area is 118 Å². The molecule has 0 aromatic heterocycles. The second kappa shape index (κ2) is 5.76. The van der Waals surface area contributed by atoms with E-state index in [1.807, 2.05) is 60.7 Å². The minimum absolute atomic E-state index is 0.289. The summed E-state index contributed by atoms with van der Waals surface area (Å²) in [6.07, 6.45) is 0. The predicted octanol–water partition coefficient (Wildman–Crippen LogP) is 4.26. The molecule has 1 N–H and O–H groups in total. The van der Waals surface area contributed by atoms with Gasteiger partial charge >= 0.3 is 0 Å². The van der Waals surface area contributed by atoms with Gasteiger partial charge in [0, 0.05) is 5.56 Å². The van der Waals surface area contributed by atoms with Crippen molar-refractivity contribution in [2.24, 2.45) is 0 Å². The van der Waals surface area contributed by atoms with E-state index < -0.39 is 0 Å². The van der Waals surface area contributed by atoms with Gasteiger partial charge in [-0.3, -0.25) is 0 Å². The van der Waals surface area contributed by atoms with Crippen LogP contribution in [-0.4, -0.2) is 5.11 Å². The normalized spacial score (nSPS) is 10.8. The molecular weight excluding hydrogens is 248 g/mol. The van der Waals surface area contributed by atoms with Gasteiger partial charge in [0.15, 0.2) is 0 Å². The number of phenols is 1. The summed E-state index contributed by atoms with van der Waals surface area (Å²) in [5.41, 5.74) is 1.95. The first kappa shape index (κ1) is 12.7. The topological polar surface area (TPSA) is 29.5 Å². The van der Waals surface area contributed by atoms with Crippen molar-refractivity contribution in [1.82, 2.24) is 0 Å². The maximum Gasteiger partial charge on any atom is 0.121 e. The first-order valence-electron chi connectivity index (χ1n) is 6.65. The Balaban J connectivity index is 1.72. The maximum absolute atomic E-state index is 10.0. The highest BCUT2D eigenvalue weighted by Crippen LogP contribution is 2.25.